The molecule has 0 radical (unpaired) electrons. The molecule has 0 unspecified atom stereocenters. The predicted molar refractivity (Wildman–Crippen MR) is 163 cm³/mol. The molecule has 1 N–H and O–H groups in total. The first-order valence-corrected chi connectivity index (χ1v) is 13.1. The highest BCUT2D eigenvalue weighted by Gasteiger charge is 2.46. The molecule has 0 aromatic heterocycles. The lowest BCUT2D eigenvalue weighted by molar-refractivity contribution is 0.768. The second-order valence-electron chi connectivity index (χ2n) is 9.48. The third kappa shape index (κ3) is 4.39. The molecule has 0 bridgehead atoms. The zero-order chi connectivity index (χ0) is 27.2. The molecule has 5 aromatic carbocycles. The minimum Gasteiger partial charge on any atom is -0.308 e. The number of nitrogens with zero attached hydrogens (tertiary/aromatic N) is 1. The monoisotopic (exact) mass is 502 g/mol. The van der Waals surface area contributed by atoms with Gasteiger partial charge in [-0.1, -0.05) is 121 Å². The highest BCUT2D eigenvalue weighted by molar-refractivity contribution is 6.08. The molecule has 1 aliphatic rings. The average molecular weight is 503 g/mol. The van der Waals surface area contributed by atoms with E-state index in [1.807, 2.05) is 13.0 Å². The molecule has 0 saturated carbocycles. The largest absolute Gasteiger partial charge is 0.308 e. The van der Waals surface area contributed by atoms with Crippen LogP contribution in [0, 0.1) is 16.7 Å². The summed E-state index contributed by atoms with van der Waals surface area (Å²) in [6.45, 7) is 3.43. The van der Waals surface area contributed by atoms with Crippen LogP contribution in [0.3, 0.4) is 0 Å². The normalized spacial score (nSPS) is 12.8. The smallest absolute Gasteiger partial charge is 0.0713 e. The quantitative estimate of drug-likeness (QED) is 0.235. The molecule has 5 aromatic rings. The van der Waals surface area contributed by atoms with E-state index in [1.54, 1.807) is 6.07 Å². The molecular weight excluding hydrogens is 472 g/mol. The van der Waals surface area contributed by atoms with Crippen LogP contribution in [-0.2, 0) is 5.41 Å². The fourth-order valence-corrected chi connectivity index (χ4v) is 5.81. The van der Waals surface area contributed by atoms with Crippen LogP contribution in [-0.4, -0.2) is 6.21 Å². The Bertz CT molecular complexity index is 1640. The third-order valence-electron chi connectivity index (χ3n) is 7.46. The molecule has 1 aliphatic carbocycles. The van der Waals surface area contributed by atoms with Gasteiger partial charge in [-0.25, -0.2) is 0 Å². The van der Waals surface area contributed by atoms with Crippen LogP contribution in [0.2, 0.25) is 0 Å². The maximum absolute atomic E-state index is 7.98. The van der Waals surface area contributed by atoms with Gasteiger partial charge in [-0.3, -0.25) is 0 Å². The van der Waals surface area contributed by atoms with E-state index in [0.29, 0.717) is 0 Å². The van der Waals surface area contributed by atoms with Gasteiger partial charge in [0.2, 0.25) is 0 Å². The molecule has 0 atom stereocenters. The number of nitriles is 1. The number of nitrogens with one attached hydrogen (secondary N) is 1. The predicted octanol–water partition coefficient (Wildman–Crippen LogP) is 9.30. The molecule has 2 nitrogen and oxygen atoms in total. The van der Waals surface area contributed by atoms with Gasteiger partial charge in [-0.05, 0) is 74.7 Å². The van der Waals surface area contributed by atoms with Crippen LogP contribution in [0.1, 0.15) is 41.7 Å². The van der Waals surface area contributed by atoms with Crippen molar-refractivity contribution in [2.45, 2.75) is 19.3 Å². The number of hydrogen-bond donors (Lipinski definition) is 1. The van der Waals surface area contributed by atoms with Crippen LogP contribution >= 0.6 is 0 Å². The van der Waals surface area contributed by atoms with Gasteiger partial charge >= 0.3 is 0 Å². The van der Waals surface area contributed by atoms with Crippen molar-refractivity contribution in [1.82, 2.24) is 0 Å². The summed E-state index contributed by atoms with van der Waals surface area (Å²) in [7, 11) is 0. The highest BCUT2D eigenvalue weighted by Crippen LogP contribution is 2.57. The average Bonchev–Trinajstić information content (AvgIpc) is 3.29. The van der Waals surface area contributed by atoms with Crippen LogP contribution in [0.5, 0.6) is 0 Å². The second-order valence-corrected chi connectivity index (χ2v) is 9.48. The first-order valence-electron chi connectivity index (χ1n) is 13.1. The number of allylic oxidation sites excluding steroid dienone is 2. The zero-order valence-electron chi connectivity index (χ0n) is 22.2. The molecule has 0 amide bonds. The van der Waals surface area contributed by atoms with Crippen LogP contribution in [0.15, 0.2) is 133 Å². The topological polar surface area (TPSA) is 47.6 Å². The number of hydrogen-bond acceptors (Lipinski definition) is 2. The summed E-state index contributed by atoms with van der Waals surface area (Å²) in [6, 6.07) is 47.7. The Morgan fingerprint density at radius 2 is 1.15 bits per heavy atom. The van der Waals surface area contributed by atoms with Crippen molar-refractivity contribution in [2.75, 3.05) is 0 Å². The molecule has 2 heteroatoms. The molecule has 39 heavy (non-hydrogen) atoms. The lowest BCUT2D eigenvalue weighted by Crippen LogP contribution is -2.28. The Balaban J connectivity index is 0.000000983. The maximum Gasteiger partial charge on any atom is 0.0713 e. The van der Waals surface area contributed by atoms with E-state index in [-0.39, 0.29) is 0 Å². The molecule has 188 valence electrons. The number of benzene rings is 5. The summed E-state index contributed by atoms with van der Waals surface area (Å²) >= 11 is 0. The Hall–Kier alpha value is -5.00. The third-order valence-corrected chi connectivity index (χ3v) is 7.46. The Kier molecular flexibility index (Phi) is 7.34. The minimum atomic E-state index is -0.463. The summed E-state index contributed by atoms with van der Waals surface area (Å²) in [5.41, 5.74) is 11.5. The van der Waals surface area contributed by atoms with E-state index in [9.17, 15) is 0 Å². The van der Waals surface area contributed by atoms with Gasteiger partial charge < -0.3 is 5.41 Å². The summed E-state index contributed by atoms with van der Waals surface area (Å²) in [5.74, 6) is 0. The molecule has 0 saturated heterocycles. The lowest BCUT2D eigenvalue weighted by Gasteiger charge is -2.34. The van der Waals surface area contributed by atoms with Gasteiger partial charge in [0, 0.05) is 13.1 Å². The van der Waals surface area contributed by atoms with E-state index >= 15 is 0 Å². The molecule has 6 rings (SSSR count). The van der Waals surface area contributed by atoms with E-state index < -0.39 is 5.41 Å². The van der Waals surface area contributed by atoms with Crippen molar-refractivity contribution >= 4 is 11.8 Å². The molecular formula is C37H30N2. The highest BCUT2D eigenvalue weighted by atomic mass is 14.5. The van der Waals surface area contributed by atoms with Crippen molar-refractivity contribution in [3.05, 3.63) is 161 Å². The summed E-state index contributed by atoms with van der Waals surface area (Å²) in [4.78, 5) is 0. The van der Waals surface area contributed by atoms with Crippen LogP contribution < -0.4 is 0 Å². The van der Waals surface area contributed by atoms with Crippen LogP contribution in [0.25, 0.3) is 27.8 Å². The number of rotatable bonds is 5. The Labute approximate surface area is 231 Å². The zero-order valence-corrected chi connectivity index (χ0v) is 22.2. The van der Waals surface area contributed by atoms with E-state index in [1.165, 1.54) is 57.6 Å². The van der Waals surface area contributed by atoms with Crippen molar-refractivity contribution in [2.24, 2.45) is 0 Å². The van der Waals surface area contributed by atoms with E-state index in [0.717, 1.165) is 11.1 Å². The summed E-state index contributed by atoms with van der Waals surface area (Å²) in [5, 5.41) is 15.3. The Morgan fingerprint density at radius 3 is 1.67 bits per heavy atom. The fourth-order valence-electron chi connectivity index (χ4n) is 5.81. The van der Waals surface area contributed by atoms with Gasteiger partial charge in [0.05, 0.1) is 11.5 Å². The first kappa shape index (κ1) is 25.6. The standard InChI is InChI=1S/C35H27N.C2H3N/c1-2-25(24-36)27-18-20-31-32-21-19-28(26-12-6-3-7-13-26)23-34(32)35(33(31)22-27,29-14-8-4-9-15-29)30-16-10-5-11-17-30;1-2-3/h2-24,36H,1H3;1H3/b25-2+,36-24?;. The van der Waals surface area contributed by atoms with Gasteiger partial charge in [0.25, 0.3) is 0 Å². The van der Waals surface area contributed by atoms with Gasteiger partial charge in [-0.2, -0.15) is 5.26 Å². The summed E-state index contributed by atoms with van der Waals surface area (Å²) in [6.07, 6.45) is 3.46. The first-order chi connectivity index (χ1) is 19.2. The molecule has 0 spiro atoms. The van der Waals surface area contributed by atoms with Crippen molar-refractivity contribution in [3.8, 4) is 28.3 Å². The van der Waals surface area contributed by atoms with Crippen LogP contribution in [0.4, 0.5) is 0 Å². The minimum absolute atomic E-state index is 0.463. The SMILES string of the molecule is C/C=C(\C=N)c1ccc2c(c1)C(c1ccccc1)(c1ccccc1)c1cc(-c3ccccc3)ccc1-2.CC#N. The maximum atomic E-state index is 7.98. The Morgan fingerprint density at radius 1 is 0.667 bits per heavy atom. The molecule has 0 aliphatic heterocycles. The van der Waals surface area contributed by atoms with Crippen molar-refractivity contribution in [1.29, 1.82) is 10.7 Å². The fraction of sp³-hybridized carbons (Fsp3) is 0.0811. The number of fused-ring (bicyclic) bond motifs is 3. The van der Waals surface area contributed by atoms with E-state index in [4.69, 9.17) is 10.7 Å². The summed E-state index contributed by atoms with van der Waals surface area (Å²) < 4.78 is 0. The molecule has 0 fully saturated rings. The van der Waals surface area contributed by atoms with Crippen molar-refractivity contribution in [3.63, 3.8) is 0 Å². The molecule has 0 heterocycles. The van der Waals surface area contributed by atoms with Gasteiger partial charge in [0.1, 0.15) is 0 Å². The lowest BCUT2D eigenvalue weighted by atomic mass is 9.67. The van der Waals surface area contributed by atoms with E-state index in [2.05, 4.69) is 127 Å². The van der Waals surface area contributed by atoms with Gasteiger partial charge in [-0.15, -0.1) is 0 Å². The van der Waals surface area contributed by atoms with Gasteiger partial charge in [0.15, 0.2) is 0 Å². The van der Waals surface area contributed by atoms with Crippen molar-refractivity contribution < 1.29 is 0 Å². The second kappa shape index (κ2) is 11.2.